The van der Waals surface area contributed by atoms with Gasteiger partial charge in [-0.1, -0.05) is 30.3 Å². The zero-order valence-electron chi connectivity index (χ0n) is 12.6. The van der Waals surface area contributed by atoms with Gasteiger partial charge in [-0.3, -0.25) is 4.79 Å². The van der Waals surface area contributed by atoms with Crippen LogP contribution in [0.25, 0.3) is 27.4 Å². The van der Waals surface area contributed by atoms with Gasteiger partial charge in [-0.2, -0.15) is 4.57 Å². The van der Waals surface area contributed by atoms with E-state index in [0.717, 1.165) is 16.3 Å². The Kier molecular flexibility index (Phi) is 2.91. The minimum absolute atomic E-state index is 0.00673. The number of hydrogen-bond donors (Lipinski definition) is 2. The molecule has 0 spiro atoms. The van der Waals surface area contributed by atoms with Gasteiger partial charge in [0.15, 0.2) is 12.4 Å². The minimum Gasteiger partial charge on any atom is -0.502 e. The van der Waals surface area contributed by atoms with Crippen LogP contribution in [-0.4, -0.2) is 10.1 Å². The predicted octanol–water partition coefficient (Wildman–Crippen LogP) is 2.97. The molecule has 0 fully saturated rings. The van der Waals surface area contributed by atoms with Crippen molar-refractivity contribution in [1.29, 1.82) is 0 Å². The van der Waals surface area contributed by atoms with Crippen LogP contribution in [0.15, 0.2) is 65.7 Å². The van der Waals surface area contributed by atoms with Crippen molar-refractivity contribution in [3.05, 3.63) is 76.8 Å². The number of nitrogens with one attached hydrogen (secondary N) is 1. The summed E-state index contributed by atoms with van der Waals surface area (Å²) in [5.41, 5.74) is 1.50. The van der Waals surface area contributed by atoms with Gasteiger partial charge in [-0.15, -0.1) is 0 Å². The lowest BCUT2D eigenvalue weighted by atomic mass is 10.1. The van der Waals surface area contributed by atoms with Gasteiger partial charge >= 0.3 is 11.2 Å². The lowest BCUT2D eigenvalue weighted by Gasteiger charge is -2.06. The highest BCUT2D eigenvalue weighted by Gasteiger charge is 2.21. The van der Waals surface area contributed by atoms with E-state index in [4.69, 9.17) is 0 Å². The van der Waals surface area contributed by atoms with Gasteiger partial charge in [0.1, 0.15) is 0 Å². The molecule has 2 aromatic heterocycles. The number of pyridine rings is 2. The number of aromatic hydroxyl groups is 1. The molecule has 4 heteroatoms. The zero-order valence-corrected chi connectivity index (χ0v) is 12.6. The van der Waals surface area contributed by atoms with Crippen LogP contribution in [0.3, 0.4) is 0 Å². The first-order valence-electron chi connectivity index (χ1n) is 7.40. The van der Waals surface area contributed by atoms with E-state index < -0.39 is 0 Å². The average Bonchev–Trinajstić information content (AvgIpc) is 2.56. The first-order chi connectivity index (χ1) is 11.1. The summed E-state index contributed by atoms with van der Waals surface area (Å²) < 4.78 is 1.66. The fraction of sp³-hybridized carbons (Fsp3) is 0.0526. The number of aromatic amines is 1. The summed E-state index contributed by atoms with van der Waals surface area (Å²) in [6.45, 7) is 1.90. The first kappa shape index (κ1) is 13.5. The van der Waals surface area contributed by atoms with Crippen LogP contribution in [0.1, 0.15) is 5.56 Å². The van der Waals surface area contributed by atoms with E-state index in [9.17, 15) is 9.90 Å². The van der Waals surface area contributed by atoms with Crippen molar-refractivity contribution in [3.8, 4) is 11.4 Å². The number of benzene rings is 2. The molecular weight excluding hydrogens is 288 g/mol. The number of para-hydroxylation sites is 1. The van der Waals surface area contributed by atoms with Crippen LogP contribution in [0, 0.1) is 6.92 Å². The third-order valence-electron chi connectivity index (χ3n) is 4.15. The van der Waals surface area contributed by atoms with E-state index in [-0.39, 0.29) is 17.0 Å². The summed E-state index contributed by atoms with van der Waals surface area (Å²) >= 11 is 0. The molecule has 0 aliphatic heterocycles. The van der Waals surface area contributed by atoms with Crippen molar-refractivity contribution < 1.29 is 9.67 Å². The van der Waals surface area contributed by atoms with Crippen LogP contribution in [0.5, 0.6) is 5.75 Å². The molecule has 0 unspecified atom stereocenters. The molecule has 0 bridgehead atoms. The minimum atomic E-state index is -0.315. The maximum Gasteiger partial charge on any atom is 0.325 e. The molecule has 0 aliphatic rings. The highest BCUT2D eigenvalue weighted by molar-refractivity contribution is 5.89. The summed E-state index contributed by atoms with van der Waals surface area (Å²) in [6, 6.07) is 15.4. The van der Waals surface area contributed by atoms with Crippen LogP contribution < -0.4 is 10.1 Å². The second-order valence-corrected chi connectivity index (χ2v) is 5.63. The smallest absolute Gasteiger partial charge is 0.325 e. The van der Waals surface area contributed by atoms with E-state index in [2.05, 4.69) is 4.98 Å². The summed E-state index contributed by atoms with van der Waals surface area (Å²) in [5, 5.41) is 13.4. The van der Waals surface area contributed by atoms with Crippen molar-refractivity contribution in [2.75, 3.05) is 0 Å². The van der Waals surface area contributed by atoms with Crippen LogP contribution in [0.2, 0.25) is 0 Å². The molecule has 2 aromatic carbocycles. The van der Waals surface area contributed by atoms with Crippen LogP contribution in [-0.2, 0) is 0 Å². The largest absolute Gasteiger partial charge is 0.502 e. The number of rotatable bonds is 1. The second kappa shape index (κ2) is 4.95. The maximum atomic E-state index is 12.5. The monoisotopic (exact) mass is 303 g/mol. The van der Waals surface area contributed by atoms with E-state index in [1.807, 2.05) is 55.6 Å². The van der Waals surface area contributed by atoms with Gasteiger partial charge < -0.3 is 10.1 Å². The molecule has 0 amide bonds. The Bertz CT molecular complexity index is 1110. The summed E-state index contributed by atoms with van der Waals surface area (Å²) in [6.07, 6.45) is 3.63. The number of aromatic nitrogens is 2. The molecular formula is C19H15N2O2+. The summed E-state index contributed by atoms with van der Waals surface area (Å²) in [5.74, 6) is -0.00673. The third kappa shape index (κ3) is 2.07. The Labute approximate surface area is 132 Å². The Morgan fingerprint density at radius 1 is 1.00 bits per heavy atom. The number of hydrogen-bond acceptors (Lipinski definition) is 2. The van der Waals surface area contributed by atoms with Gasteiger partial charge in [0.2, 0.25) is 5.75 Å². The number of aryl methyl sites for hydroxylation is 1. The molecule has 0 aliphatic carbocycles. The van der Waals surface area contributed by atoms with Crippen molar-refractivity contribution in [2.24, 2.45) is 0 Å². The molecule has 0 radical (unpaired) electrons. The molecule has 23 heavy (non-hydrogen) atoms. The molecule has 0 saturated carbocycles. The first-order valence-corrected chi connectivity index (χ1v) is 7.40. The van der Waals surface area contributed by atoms with Gasteiger partial charge in [-0.05, 0) is 30.0 Å². The Hall–Kier alpha value is -3.14. The quantitative estimate of drug-likeness (QED) is 0.531. The van der Waals surface area contributed by atoms with E-state index in [1.165, 1.54) is 0 Å². The highest BCUT2D eigenvalue weighted by atomic mass is 16.3. The van der Waals surface area contributed by atoms with Crippen LogP contribution >= 0.6 is 0 Å². The lowest BCUT2D eigenvalue weighted by Crippen LogP contribution is -2.36. The molecule has 4 aromatic rings. The Morgan fingerprint density at radius 2 is 1.78 bits per heavy atom. The molecule has 112 valence electrons. The van der Waals surface area contributed by atoms with Crippen molar-refractivity contribution in [1.82, 2.24) is 4.98 Å². The average molecular weight is 303 g/mol. The third-order valence-corrected chi connectivity index (χ3v) is 4.15. The highest BCUT2D eigenvalue weighted by Crippen LogP contribution is 2.26. The SMILES string of the molecule is Cc1cccc2c(O)c(-[n+]3ccc4ccccc4c3)c(=O)[nH]c12. The predicted molar refractivity (Wildman–Crippen MR) is 90.0 cm³/mol. The van der Waals surface area contributed by atoms with Crippen molar-refractivity contribution in [2.45, 2.75) is 6.92 Å². The fourth-order valence-corrected chi connectivity index (χ4v) is 2.95. The van der Waals surface area contributed by atoms with E-state index >= 15 is 0 Å². The summed E-state index contributed by atoms with van der Waals surface area (Å²) in [4.78, 5) is 15.4. The Balaban J connectivity index is 2.06. The summed E-state index contributed by atoms with van der Waals surface area (Å²) in [7, 11) is 0. The van der Waals surface area contributed by atoms with Crippen LogP contribution in [0.4, 0.5) is 0 Å². The van der Waals surface area contributed by atoms with Crippen molar-refractivity contribution >= 4 is 21.7 Å². The normalized spacial score (nSPS) is 11.2. The molecule has 2 N–H and O–H groups in total. The standard InChI is InChI=1S/C19H14N2O2/c1-12-5-4-8-15-16(12)20-19(23)17(18(15)22)21-10-9-13-6-2-3-7-14(13)11-21/h2-11H,1H3,(H-,20,22,23)/p+1. The fourth-order valence-electron chi connectivity index (χ4n) is 2.95. The number of H-pyrrole nitrogens is 1. The van der Waals surface area contributed by atoms with Crippen molar-refractivity contribution in [3.63, 3.8) is 0 Å². The van der Waals surface area contributed by atoms with E-state index in [1.54, 1.807) is 16.8 Å². The topological polar surface area (TPSA) is 57.0 Å². The number of nitrogens with zero attached hydrogens (tertiary/aromatic N) is 1. The van der Waals surface area contributed by atoms with Gasteiger partial charge in [0.25, 0.3) is 0 Å². The maximum absolute atomic E-state index is 12.5. The van der Waals surface area contributed by atoms with Gasteiger partial charge in [0.05, 0.1) is 5.52 Å². The van der Waals surface area contributed by atoms with E-state index in [0.29, 0.717) is 10.9 Å². The molecule has 4 nitrogen and oxygen atoms in total. The van der Waals surface area contributed by atoms with Gasteiger partial charge in [0, 0.05) is 16.8 Å². The number of fused-ring (bicyclic) bond motifs is 2. The van der Waals surface area contributed by atoms with Gasteiger partial charge in [-0.25, -0.2) is 0 Å². The molecule has 0 atom stereocenters. The molecule has 0 saturated heterocycles. The zero-order chi connectivity index (χ0) is 16.0. The lowest BCUT2D eigenvalue weighted by molar-refractivity contribution is -0.595. The second-order valence-electron chi connectivity index (χ2n) is 5.63. The Morgan fingerprint density at radius 3 is 2.61 bits per heavy atom. The molecule has 4 rings (SSSR count). The molecule has 2 heterocycles.